The molecule has 1 nitrogen and oxygen atoms in total. The number of halogens is 4. The van der Waals surface area contributed by atoms with Crippen LogP contribution in [0.3, 0.4) is 0 Å². The SMILES string of the molecule is CCNC(c1cccs1)c1cc(F)ccc1C(F)(F)F. The number of hydrogen-bond acceptors (Lipinski definition) is 2. The maximum absolute atomic E-state index is 13.4. The molecule has 2 aromatic rings. The van der Waals surface area contributed by atoms with Gasteiger partial charge < -0.3 is 5.32 Å². The Morgan fingerprint density at radius 2 is 2.00 bits per heavy atom. The summed E-state index contributed by atoms with van der Waals surface area (Å²) in [5.74, 6) is -0.674. The molecule has 1 unspecified atom stereocenters. The van der Waals surface area contributed by atoms with Gasteiger partial charge in [-0.25, -0.2) is 4.39 Å². The normalized spacial score (nSPS) is 13.4. The van der Waals surface area contributed by atoms with Gasteiger partial charge in [0.05, 0.1) is 11.6 Å². The molecule has 1 aromatic carbocycles. The van der Waals surface area contributed by atoms with Gasteiger partial charge in [0.2, 0.25) is 0 Å². The molecule has 0 saturated heterocycles. The standard InChI is InChI=1S/C14H13F4NS/c1-2-19-13(12-4-3-7-20-12)10-8-9(15)5-6-11(10)14(16,17)18/h3-8,13,19H,2H2,1H3. The lowest BCUT2D eigenvalue weighted by Gasteiger charge is -2.21. The van der Waals surface area contributed by atoms with Crippen LogP contribution in [0.25, 0.3) is 0 Å². The first-order chi connectivity index (χ1) is 9.43. The highest BCUT2D eigenvalue weighted by molar-refractivity contribution is 7.10. The molecule has 0 amide bonds. The third-order valence-electron chi connectivity index (χ3n) is 2.87. The van der Waals surface area contributed by atoms with Gasteiger partial charge in [0.15, 0.2) is 0 Å². The molecule has 20 heavy (non-hydrogen) atoms. The van der Waals surface area contributed by atoms with E-state index in [-0.39, 0.29) is 5.56 Å². The highest BCUT2D eigenvalue weighted by Crippen LogP contribution is 2.37. The lowest BCUT2D eigenvalue weighted by molar-refractivity contribution is -0.138. The monoisotopic (exact) mass is 303 g/mol. The Labute approximate surface area is 118 Å². The molecule has 108 valence electrons. The van der Waals surface area contributed by atoms with E-state index in [0.717, 1.165) is 23.1 Å². The Kier molecular flexibility index (Phi) is 4.45. The quantitative estimate of drug-likeness (QED) is 0.814. The summed E-state index contributed by atoms with van der Waals surface area (Å²) in [5.41, 5.74) is -0.889. The second kappa shape index (κ2) is 5.93. The molecule has 1 heterocycles. The van der Waals surface area contributed by atoms with Crippen LogP contribution in [0.1, 0.15) is 29.0 Å². The Hall–Kier alpha value is -1.40. The van der Waals surface area contributed by atoms with Crippen LogP contribution >= 0.6 is 11.3 Å². The second-order valence-corrected chi connectivity index (χ2v) is 5.21. The molecule has 0 bridgehead atoms. The van der Waals surface area contributed by atoms with Gasteiger partial charge >= 0.3 is 6.18 Å². The molecule has 0 fully saturated rings. The number of rotatable bonds is 4. The van der Waals surface area contributed by atoms with E-state index in [0.29, 0.717) is 6.54 Å². The van der Waals surface area contributed by atoms with Gasteiger partial charge in [-0.3, -0.25) is 0 Å². The summed E-state index contributed by atoms with van der Waals surface area (Å²) >= 11 is 1.34. The van der Waals surface area contributed by atoms with Crippen LogP contribution in [0, 0.1) is 5.82 Å². The van der Waals surface area contributed by atoms with E-state index >= 15 is 0 Å². The Morgan fingerprint density at radius 3 is 2.55 bits per heavy atom. The van der Waals surface area contributed by atoms with Gasteiger partial charge in [0.25, 0.3) is 0 Å². The third-order valence-corrected chi connectivity index (χ3v) is 3.80. The molecule has 0 aliphatic carbocycles. The zero-order valence-electron chi connectivity index (χ0n) is 10.7. The fraction of sp³-hybridized carbons (Fsp3) is 0.286. The first kappa shape index (κ1) is 15.0. The van der Waals surface area contributed by atoms with Crippen molar-refractivity contribution in [3.63, 3.8) is 0 Å². The smallest absolute Gasteiger partial charge is 0.306 e. The van der Waals surface area contributed by atoms with E-state index in [2.05, 4.69) is 5.32 Å². The van der Waals surface area contributed by atoms with Crippen molar-refractivity contribution >= 4 is 11.3 Å². The Morgan fingerprint density at radius 1 is 1.25 bits per heavy atom. The summed E-state index contributed by atoms with van der Waals surface area (Å²) in [6.45, 7) is 2.28. The fourth-order valence-corrected chi connectivity index (χ4v) is 2.87. The average molecular weight is 303 g/mol. The van der Waals surface area contributed by atoms with Gasteiger partial charge in [0, 0.05) is 4.88 Å². The molecule has 2 rings (SSSR count). The molecule has 1 N–H and O–H groups in total. The van der Waals surface area contributed by atoms with E-state index in [1.165, 1.54) is 11.3 Å². The first-order valence-electron chi connectivity index (χ1n) is 6.07. The van der Waals surface area contributed by atoms with E-state index in [1.807, 2.05) is 0 Å². The fourth-order valence-electron chi connectivity index (χ4n) is 2.05. The van der Waals surface area contributed by atoms with Crippen LogP contribution in [0.5, 0.6) is 0 Å². The number of hydrogen-bond donors (Lipinski definition) is 1. The molecular weight excluding hydrogens is 290 g/mol. The third kappa shape index (κ3) is 3.19. The molecule has 1 atom stereocenters. The molecule has 0 radical (unpaired) electrons. The van der Waals surface area contributed by atoms with Gasteiger partial charge in [0.1, 0.15) is 5.82 Å². The molecule has 6 heteroatoms. The number of thiophene rings is 1. The zero-order valence-corrected chi connectivity index (χ0v) is 11.5. The maximum Gasteiger partial charge on any atom is 0.416 e. The van der Waals surface area contributed by atoms with E-state index in [4.69, 9.17) is 0 Å². The van der Waals surface area contributed by atoms with Crippen molar-refractivity contribution in [3.8, 4) is 0 Å². The van der Waals surface area contributed by atoms with Crippen LogP contribution in [-0.4, -0.2) is 6.54 Å². The van der Waals surface area contributed by atoms with Crippen molar-refractivity contribution in [3.05, 3.63) is 57.5 Å². The Bertz CT molecular complexity index is 563. The van der Waals surface area contributed by atoms with Gasteiger partial charge in [-0.2, -0.15) is 13.2 Å². The zero-order chi connectivity index (χ0) is 14.8. The summed E-state index contributed by atoms with van der Waals surface area (Å²) in [5, 5.41) is 4.77. The Balaban J connectivity index is 2.55. The summed E-state index contributed by atoms with van der Waals surface area (Å²) in [7, 11) is 0. The van der Waals surface area contributed by atoms with Crippen LogP contribution in [0.2, 0.25) is 0 Å². The van der Waals surface area contributed by atoms with Crippen LogP contribution in [0.4, 0.5) is 17.6 Å². The predicted molar refractivity (Wildman–Crippen MR) is 71.2 cm³/mol. The van der Waals surface area contributed by atoms with Crippen molar-refractivity contribution in [2.75, 3.05) is 6.54 Å². The lowest BCUT2D eigenvalue weighted by Crippen LogP contribution is -2.24. The largest absolute Gasteiger partial charge is 0.416 e. The molecule has 0 aliphatic heterocycles. The van der Waals surface area contributed by atoms with Gasteiger partial charge in [-0.05, 0) is 41.8 Å². The lowest BCUT2D eigenvalue weighted by atomic mass is 9.98. The number of benzene rings is 1. The molecule has 0 saturated carbocycles. The van der Waals surface area contributed by atoms with Crippen LogP contribution in [0.15, 0.2) is 35.7 Å². The highest BCUT2D eigenvalue weighted by Gasteiger charge is 2.35. The summed E-state index contributed by atoms with van der Waals surface area (Å²) in [6.07, 6.45) is -4.51. The van der Waals surface area contributed by atoms with Crippen molar-refractivity contribution in [1.29, 1.82) is 0 Å². The van der Waals surface area contributed by atoms with E-state index in [9.17, 15) is 17.6 Å². The van der Waals surface area contributed by atoms with Crippen molar-refractivity contribution < 1.29 is 17.6 Å². The van der Waals surface area contributed by atoms with Gasteiger partial charge in [-0.1, -0.05) is 13.0 Å². The van der Waals surface area contributed by atoms with Gasteiger partial charge in [-0.15, -0.1) is 11.3 Å². The minimum Gasteiger partial charge on any atom is -0.306 e. The highest BCUT2D eigenvalue weighted by atomic mass is 32.1. The molecule has 1 aromatic heterocycles. The molecule has 0 spiro atoms. The van der Waals surface area contributed by atoms with Crippen molar-refractivity contribution in [1.82, 2.24) is 5.32 Å². The maximum atomic E-state index is 13.4. The predicted octanol–water partition coefficient (Wildman–Crippen LogP) is 4.60. The van der Waals surface area contributed by atoms with Crippen molar-refractivity contribution in [2.45, 2.75) is 19.1 Å². The van der Waals surface area contributed by atoms with Crippen LogP contribution < -0.4 is 5.32 Å². The minimum absolute atomic E-state index is 0.0817. The summed E-state index contributed by atoms with van der Waals surface area (Å²) in [4.78, 5) is 0.725. The minimum atomic E-state index is -4.51. The number of nitrogens with one attached hydrogen (secondary N) is 1. The van der Waals surface area contributed by atoms with E-state index < -0.39 is 23.6 Å². The topological polar surface area (TPSA) is 12.0 Å². The summed E-state index contributed by atoms with van der Waals surface area (Å²) in [6, 6.07) is 5.43. The first-order valence-corrected chi connectivity index (χ1v) is 6.95. The van der Waals surface area contributed by atoms with Crippen molar-refractivity contribution in [2.24, 2.45) is 0 Å². The number of alkyl halides is 3. The second-order valence-electron chi connectivity index (χ2n) is 4.24. The molecule has 0 aliphatic rings. The van der Waals surface area contributed by atoms with Crippen LogP contribution in [-0.2, 0) is 6.18 Å². The molecular formula is C14H13F4NS. The van der Waals surface area contributed by atoms with E-state index in [1.54, 1.807) is 24.4 Å². The summed E-state index contributed by atoms with van der Waals surface area (Å²) < 4.78 is 52.6. The average Bonchev–Trinajstić information content (AvgIpc) is 2.87.